The highest BCUT2D eigenvalue weighted by molar-refractivity contribution is 7.47. The Kier molecular flexibility index (Phi) is 12.2. The molecule has 0 saturated carbocycles. The second kappa shape index (κ2) is 15.1. The molecule has 2 N–H and O–H groups in total. The molecule has 6 nitrogen and oxygen atoms in total. The van der Waals surface area contributed by atoms with Crippen molar-refractivity contribution < 1.29 is 23.6 Å². The summed E-state index contributed by atoms with van der Waals surface area (Å²) in [6.45, 7) is 0.723. The molecule has 3 aromatic rings. The molecule has 33 heavy (non-hydrogen) atoms. The van der Waals surface area contributed by atoms with Gasteiger partial charge in [0.25, 0.3) is 0 Å². The Morgan fingerprint density at radius 2 is 1.30 bits per heavy atom. The maximum atomic E-state index is 8.11. The van der Waals surface area contributed by atoms with Crippen molar-refractivity contribution in [3.05, 3.63) is 95.6 Å². The normalized spacial score (nSPS) is 10.3. The number of aliphatic hydroxyl groups is 1. The van der Waals surface area contributed by atoms with Crippen molar-refractivity contribution in [2.45, 2.75) is 13.0 Å². The molecule has 0 aliphatic rings. The van der Waals surface area contributed by atoms with Gasteiger partial charge in [-0.3, -0.25) is 0 Å². The summed E-state index contributed by atoms with van der Waals surface area (Å²) in [5, 5.41) is 15.1. The maximum absolute atomic E-state index is 8.11. The summed E-state index contributed by atoms with van der Waals surface area (Å²) in [5.41, 5.74) is 3.62. The van der Waals surface area contributed by atoms with Gasteiger partial charge in [-0.25, -0.2) is 0 Å². The summed E-state index contributed by atoms with van der Waals surface area (Å²) in [6.07, 6.45) is 1.79. The molecule has 0 atom stereocenters. The van der Waals surface area contributed by atoms with Crippen LogP contribution < -0.4 is 9.47 Å². The number of ether oxygens (including phenoxy) is 2. The van der Waals surface area contributed by atoms with E-state index in [0.29, 0.717) is 12.3 Å². The van der Waals surface area contributed by atoms with Gasteiger partial charge in [0.15, 0.2) is 8.38 Å². The van der Waals surface area contributed by atoms with Gasteiger partial charge in [-0.15, -0.1) is 0 Å². The molecule has 0 bridgehead atoms. The van der Waals surface area contributed by atoms with Crippen LogP contribution in [0.15, 0.2) is 78.9 Å². The second-order valence-electron chi connectivity index (χ2n) is 6.88. The van der Waals surface area contributed by atoms with Crippen molar-refractivity contribution in [1.29, 1.82) is 5.41 Å². The van der Waals surface area contributed by atoms with E-state index in [1.54, 1.807) is 14.2 Å². The summed E-state index contributed by atoms with van der Waals surface area (Å²) in [6, 6.07) is 25.5. The summed E-state index contributed by atoms with van der Waals surface area (Å²) in [5.74, 6) is 1.57. The van der Waals surface area contributed by atoms with Crippen LogP contribution in [-0.4, -0.2) is 44.9 Å². The van der Waals surface area contributed by atoms with Crippen LogP contribution in [0.2, 0.25) is 0 Å². The molecule has 3 rings (SSSR count). The molecule has 0 aliphatic heterocycles. The van der Waals surface area contributed by atoms with Gasteiger partial charge in [-0.2, -0.15) is 0 Å². The highest BCUT2D eigenvalue weighted by Crippen LogP contribution is 2.36. The smallest absolute Gasteiger partial charge is 0.170 e. The summed E-state index contributed by atoms with van der Waals surface area (Å²) in [4.78, 5) is 0. The van der Waals surface area contributed by atoms with Gasteiger partial charge in [0.2, 0.25) is 0 Å². The molecule has 0 aromatic heterocycles. The van der Waals surface area contributed by atoms with Crippen LogP contribution in [0.5, 0.6) is 11.5 Å². The van der Waals surface area contributed by atoms with Crippen LogP contribution in [0.1, 0.15) is 16.7 Å². The average Bonchev–Trinajstić information content (AvgIpc) is 2.89. The number of aliphatic hydroxyl groups excluding tert-OH is 1. The second-order valence-corrected chi connectivity index (χ2v) is 8.72. The molecule has 0 radical (unpaired) electrons. The van der Waals surface area contributed by atoms with Crippen molar-refractivity contribution in [1.82, 2.24) is 0 Å². The van der Waals surface area contributed by atoms with Gasteiger partial charge in [0, 0.05) is 27.5 Å². The number of hydrogen-bond acceptors (Lipinski definition) is 6. The minimum absolute atomic E-state index is 0.239. The number of rotatable bonds is 12. The highest BCUT2D eigenvalue weighted by atomic mass is 31.2. The molecule has 0 heterocycles. The lowest BCUT2D eigenvalue weighted by Crippen LogP contribution is -2.11. The van der Waals surface area contributed by atoms with E-state index in [0.717, 1.165) is 42.3 Å². The minimum Gasteiger partial charge on any atom is -0.489 e. The molecule has 0 unspecified atom stereocenters. The molecule has 3 aromatic carbocycles. The molecule has 0 saturated heterocycles. The van der Waals surface area contributed by atoms with E-state index >= 15 is 0 Å². The van der Waals surface area contributed by atoms with Crippen LogP contribution in [0.25, 0.3) is 0 Å². The van der Waals surface area contributed by atoms with Crippen LogP contribution in [0.3, 0.4) is 0 Å². The quantitative estimate of drug-likeness (QED) is 0.272. The molecule has 0 aliphatic carbocycles. The number of hydrogen-bond donors (Lipinski definition) is 2. The van der Waals surface area contributed by atoms with E-state index in [1.165, 1.54) is 5.56 Å². The Morgan fingerprint density at radius 1 is 0.758 bits per heavy atom. The molecular formula is C26H32NO5P. The van der Waals surface area contributed by atoms with E-state index in [4.69, 9.17) is 29.0 Å². The Morgan fingerprint density at radius 3 is 1.88 bits per heavy atom. The molecule has 7 heteroatoms. The third-order valence-corrected chi connectivity index (χ3v) is 6.15. The van der Waals surface area contributed by atoms with Crippen LogP contribution in [0.4, 0.5) is 0 Å². The average molecular weight is 470 g/mol. The molecule has 0 fully saturated rings. The Bertz CT molecular complexity index is 929. The van der Waals surface area contributed by atoms with Crippen molar-refractivity contribution >= 4 is 14.1 Å². The third kappa shape index (κ3) is 9.32. The van der Waals surface area contributed by atoms with Crippen LogP contribution >= 0.6 is 8.38 Å². The van der Waals surface area contributed by atoms with Crippen molar-refractivity contribution in [3.8, 4) is 11.5 Å². The Labute approximate surface area is 197 Å². The number of aryl methyl sites for hydroxylation is 1. The standard InChI is InChI=1S/C25H28NO4P.CH4O/c1-27-31(28-2)17-16-20-8-12-23(13-9-20)29-18-21-10-14-24(15-11-21)30-19-25(26)22-6-4-3-5-7-22;1-2/h3-15,26H,16-19H2,1-2H3;2H,1H3. The predicted octanol–water partition coefficient (Wildman–Crippen LogP) is 5.47. The van der Waals surface area contributed by atoms with E-state index in [9.17, 15) is 0 Å². The topological polar surface area (TPSA) is 81.0 Å². The van der Waals surface area contributed by atoms with Gasteiger partial charge >= 0.3 is 0 Å². The highest BCUT2D eigenvalue weighted by Gasteiger charge is 2.07. The first-order valence-corrected chi connectivity index (χ1v) is 11.9. The van der Waals surface area contributed by atoms with Crippen molar-refractivity contribution in [2.75, 3.05) is 34.1 Å². The van der Waals surface area contributed by atoms with Crippen LogP contribution in [-0.2, 0) is 22.1 Å². The molecule has 0 amide bonds. The van der Waals surface area contributed by atoms with Gasteiger partial charge in [0.1, 0.15) is 24.7 Å². The Hall–Kier alpha value is -2.76. The van der Waals surface area contributed by atoms with E-state index < -0.39 is 8.38 Å². The minimum atomic E-state index is -0.799. The predicted molar refractivity (Wildman–Crippen MR) is 134 cm³/mol. The van der Waals surface area contributed by atoms with Gasteiger partial charge in [0.05, 0.1) is 5.71 Å². The van der Waals surface area contributed by atoms with Crippen LogP contribution in [0, 0.1) is 5.41 Å². The zero-order valence-corrected chi connectivity index (χ0v) is 20.3. The monoisotopic (exact) mass is 469 g/mol. The fourth-order valence-corrected chi connectivity index (χ4v) is 3.91. The first-order valence-electron chi connectivity index (χ1n) is 10.5. The third-order valence-electron chi connectivity index (χ3n) is 4.75. The number of nitrogens with one attached hydrogen (secondary N) is 1. The van der Waals surface area contributed by atoms with Crippen molar-refractivity contribution in [2.24, 2.45) is 0 Å². The first-order chi connectivity index (χ1) is 16.2. The zero-order chi connectivity index (χ0) is 23.9. The molecule has 176 valence electrons. The van der Waals surface area contributed by atoms with E-state index in [1.807, 2.05) is 66.7 Å². The van der Waals surface area contributed by atoms with E-state index in [-0.39, 0.29) is 6.61 Å². The van der Waals surface area contributed by atoms with Gasteiger partial charge in [-0.1, -0.05) is 54.6 Å². The molecule has 0 spiro atoms. The fourth-order valence-electron chi connectivity index (χ4n) is 2.96. The summed E-state index contributed by atoms with van der Waals surface area (Å²) >= 11 is 0. The van der Waals surface area contributed by atoms with Gasteiger partial charge < -0.3 is 29.0 Å². The fraction of sp³-hybridized carbons (Fsp3) is 0.269. The van der Waals surface area contributed by atoms with Crippen molar-refractivity contribution in [3.63, 3.8) is 0 Å². The maximum Gasteiger partial charge on any atom is 0.170 e. The lowest BCUT2D eigenvalue weighted by Gasteiger charge is -2.12. The largest absolute Gasteiger partial charge is 0.489 e. The lowest BCUT2D eigenvalue weighted by atomic mass is 10.1. The lowest BCUT2D eigenvalue weighted by molar-refractivity contribution is 0.305. The SMILES string of the molecule is CO.COP(CCc1ccc(OCc2ccc(OCC(=N)c3ccccc3)cc2)cc1)OC. The van der Waals surface area contributed by atoms with Gasteiger partial charge in [-0.05, 0) is 47.4 Å². The summed E-state index contributed by atoms with van der Waals surface area (Å²) in [7, 11) is 3.56. The molecular weight excluding hydrogens is 437 g/mol. The Balaban J connectivity index is 0.00000187. The first kappa shape index (κ1) is 26.5. The van der Waals surface area contributed by atoms with E-state index in [2.05, 4.69) is 12.1 Å². The summed E-state index contributed by atoms with van der Waals surface area (Å²) < 4.78 is 22.2. The number of benzene rings is 3. The zero-order valence-electron chi connectivity index (χ0n) is 19.4.